The smallest absolute Gasteiger partial charge is 0.226 e. The second kappa shape index (κ2) is 9.42. The molecule has 0 spiro atoms. The third-order valence-corrected chi connectivity index (χ3v) is 6.19. The molecule has 1 aromatic rings. The zero-order valence-electron chi connectivity index (χ0n) is 15.5. The third kappa shape index (κ3) is 5.24. The Morgan fingerprint density at radius 3 is 2.58 bits per heavy atom. The van der Waals surface area contributed by atoms with Gasteiger partial charge in [-0.2, -0.15) is 0 Å². The lowest BCUT2D eigenvalue weighted by molar-refractivity contribution is -0.136. The largest absolute Gasteiger partial charge is 0.355 e. The summed E-state index contributed by atoms with van der Waals surface area (Å²) in [6.45, 7) is 5.85. The number of nitrogens with one attached hydrogen (secondary N) is 2. The molecule has 2 heterocycles. The molecule has 2 aliphatic heterocycles. The van der Waals surface area contributed by atoms with Crippen LogP contribution in [0.15, 0.2) is 29.2 Å². The molecule has 2 atom stereocenters. The van der Waals surface area contributed by atoms with E-state index in [2.05, 4.69) is 41.8 Å². The molecule has 3 rings (SSSR count). The standard InChI is InChI=1S/C20H29N3O2S/c1-15-4-6-18(7-5-15)26-11-8-22-19(24)16-12-17(14-21-13-16)20(25)23-9-2-3-10-23/h4-7,16-17,21H,2-3,8-14H2,1H3,(H,22,24). The number of amides is 2. The summed E-state index contributed by atoms with van der Waals surface area (Å²) in [6, 6.07) is 8.43. The number of carbonyl (C=O) groups excluding carboxylic acids is 2. The number of likely N-dealkylation sites (tertiary alicyclic amines) is 1. The van der Waals surface area contributed by atoms with Crippen LogP contribution in [0.3, 0.4) is 0 Å². The molecule has 2 amide bonds. The lowest BCUT2D eigenvalue weighted by Crippen LogP contribution is -2.49. The molecule has 2 unspecified atom stereocenters. The van der Waals surface area contributed by atoms with Crippen molar-refractivity contribution in [2.75, 3.05) is 38.5 Å². The van der Waals surface area contributed by atoms with Crippen molar-refractivity contribution in [2.24, 2.45) is 11.8 Å². The van der Waals surface area contributed by atoms with Crippen molar-refractivity contribution in [3.05, 3.63) is 29.8 Å². The minimum Gasteiger partial charge on any atom is -0.355 e. The Morgan fingerprint density at radius 1 is 1.15 bits per heavy atom. The fourth-order valence-corrected chi connectivity index (χ4v) is 4.42. The van der Waals surface area contributed by atoms with Crippen LogP contribution >= 0.6 is 11.8 Å². The van der Waals surface area contributed by atoms with Crippen LogP contribution in [-0.2, 0) is 9.59 Å². The van der Waals surface area contributed by atoms with Crippen molar-refractivity contribution in [2.45, 2.75) is 31.1 Å². The maximum absolute atomic E-state index is 12.6. The Kier molecular flexibility index (Phi) is 6.97. The summed E-state index contributed by atoms with van der Waals surface area (Å²) >= 11 is 1.75. The fourth-order valence-electron chi connectivity index (χ4n) is 3.65. The third-order valence-electron chi connectivity index (χ3n) is 5.18. The maximum atomic E-state index is 12.6. The van der Waals surface area contributed by atoms with E-state index in [0.29, 0.717) is 26.1 Å². The number of aryl methyl sites for hydroxylation is 1. The molecule has 26 heavy (non-hydrogen) atoms. The number of piperidine rings is 1. The van der Waals surface area contributed by atoms with Gasteiger partial charge in [0.15, 0.2) is 0 Å². The van der Waals surface area contributed by atoms with Crippen molar-refractivity contribution in [3.8, 4) is 0 Å². The number of rotatable bonds is 6. The van der Waals surface area contributed by atoms with Gasteiger partial charge in [0.25, 0.3) is 0 Å². The first-order chi connectivity index (χ1) is 12.6. The van der Waals surface area contributed by atoms with Gasteiger partial charge < -0.3 is 15.5 Å². The number of carbonyl (C=O) groups is 2. The number of benzene rings is 1. The molecule has 0 bridgehead atoms. The zero-order chi connectivity index (χ0) is 18.4. The Labute approximate surface area is 160 Å². The predicted molar refractivity (Wildman–Crippen MR) is 105 cm³/mol. The lowest BCUT2D eigenvalue weighted by atomic mass is 9.89. The van der Waals surface area contributed by atoms with Crippen LogP contribution in [0.5, 0.6) is 0 Å². The summed E-state index contributed by atoms with van der Waals surface area (Å²) in [6.07, 6.45) is 2.88. The minimum atomic E-state index is -0.107. The first-order valence-corrected chi connectivity index (χ1v) is 10.6. The average Bonchev–Trinajstić information content (AvgIpc) is 3.21. The quantitative estimate of drug-likeness (QED) is 0.590. The molecule has 0 aromatic heterocycles. The predicted octanol–water partition coefficient (Wildman–Crippen LogP) is 2.05. The van der Waals surface area contributed by atoms with Crippen LogP contribution in [0.25, 0.3) is 0 Å². The van der Waals surface area contributed by atoms with Crippen LogP contribution in [0.2, 0.25) is 0 Å². The first-order valence-electron chi connectivity index (χ1n) is 9.60. The van der Waals surface area contributed by atoms with Gasteiger partial charge in [-0.05, 0) is 38.3 Å². The van der Waals surface area contributed by atoms with Gasteiger partial charge in [0, 0.05) is 43.4 Å². The van der Waals surface area contributed by atoms with Crippen LogP contribution in [0, 0.1) is 18.8 Å². The molecule has 142 valence electrons. The molecule has 2 saturated heterocycles. The molecule has 2 N–H and O–H groups in total. The monoisotopic (exact) mass is 375 g/mol. The highest BCUT2D eigenvalue weighted by Gasteiger charge is 2.33. The molecular weight excluding hydrogens is 346 g/mol. The maximum Gasteiger partial charge on any atom is 0.226 e. The summed E-state index contributed by atoms with van der Waals surface area (Å²) in [5, 5.41) is 6.32. The molecule has 2 fully saturated rings. The van der Waals surface area contributed by atoms with Crippen LogP contribution in [0.4, 0.5) is 0 Å². The molecule has 0 aliphatic carbocycles. The molecular formula is C20H29N3O2S. The first kappa shape index (κ1) is 19.2. The van der Waals surface area contributed by atoms with E-state index in [4.69, 9.17) is 0 Å². The second-order valence-electron chi connectivity index (χ2n) is 7.27. The Balaban J connectivity index is 1.39. The van der Waals surface area contributed by atoms with Gasteiger partial charge in [-0.3, -0.25) is 9.59 Å². The summed E-state index contributed by atoms with van der Waals surface area (Å²) < 4.78 is 0. The normalized spacial score (nSPS) is 23.0. The van der Waals surface area contributed by atoms with E-state index in [0.717, 1.165) is 31.7 Å². The van der Waals surface area contributed by atoms with E-state index >= 15 is 0 Å². The van der Waals surface area contributed by atoms with Crippen LogP contribution in [0.1, 0.15) is 24.8 Å². The Bertz CT molecular complexity index is 614. The molecule has 1 aromatic carbocycles. The summed E-state index contributed by atoms with van der Waals surface area (Å²) in [4.78, 5) is 28.2. The van der Waals surface area contributed by atoms with Crippen molar-refractivity contribution in [3.63, 3.8) is 0 Å². The Hall–Kier alpha value is -1.53. The Morgan fingerprint density at radius 2 is 1.85 bits per heavy atom. The van der Waals surface area contributed by atoms with E-state index in [-0.39, 0.29) is 23.7 Å². The van der Waals surface area contributed by atoms with Crippen LogP contribution < -0.4 is 10.6 Å². The average molecular weight is 376 g/mol. The second-order valence-corrected chi connectivity index (χ2v) is 8.44. The van der Waals surface area contributed by atoms with E-state index in [1.54, 1.807) is 11.8 Å². The van der Waals surface area contributed by atoms with E-state index in [9.17, 15) is 9.59 Å². The summed E-state index contributed by atoms with van der Waals surface area (Å²) in [7, 11) is 0. The van der Waals surface area contributed by atoms with Gasteiger partial charge in [-0.1, -0.05) is 17.7 Å². The zero-order valence-corrected chi connectivity index (χ0v) is 16.3. The highest BCUT2D eigenvalue weighted by atomic mass is 32.2. The fraction of sp³-hybridized carbons (Fsp3) is 0.600. The van der Waals surface area contributed by atoms with Gasteiger partial charge in [0.05, 0.1) is 11.8 Å². The van der Waals surface area contributed by atoms with Gasteiger partial charge in [0.2, 0.25) is 11.8 Å². The lowest BCUT2D eigenvalue weighted by Gasteiger charge is -2.31. The van der Waals surface area contributed by atoms with Crippen molar-refractivity contribution < 1.29 is 9.59 Å². The van der Waals surface area contributed by atoms with Gasteiger partial charge in [0.1, 0.15) is 0 Å². The summed E-state index contributed by atoms with van der Waals surface area (Å²) in [5.74, 6) is 0.984. The molecule has 2 aliphatic rings. The van der Waals surface area contributed by atoms with Crippen molar-refractivity contribution in [1.82, 2.24) is 15.5 Å². The highest BCUT2D eigenvalue weighted by Crippen LogP contribution is 2.22. The number of hydrogen-bond acceptors (Lipinski definition) is 4. The number of thioether (sulfide) groups is 1. The number of hydrogen-bond donors (Lipinski definition) is 2. The van der Waals surface area contributed by atoms with Gasteiger partial charge in [-0.25, -0.2) is 0 Å². The molecule has 0 saturated carbocycles. The minimum absolute atomic E-state index is 0.0560. The number of nitrogens with zero attached hydrogens (tertiary/aromatic N) is 1. The van der Waals surface area contributed by atoms with Gasteiger partial charge >= 0.3 is 0 Å². The molecule has 6 heteroatoms. The van der Waals surface area contributed by atoms with E-state index < -0.39 is 0 Å². The van der Waals surface area contributed by atoms with Gasteiger partial charge in [-0.15, -0.1) is 11.8 Å². The van der Waals surface area contributed by atoms with Crippen LogP contribution in [-0.4, -0.2) is 55.2 Å². The SMILES string of the molecule is Cc1ccc(SCCNC(=O)C2CNCC(C(=O)N3CCCC3)C2)cc1. The van der Waals surface area contributed by atoms with E-state index in [1.165, 1.54) is 10.5 Å². The molecule has 0 radical (unpaired) electrons. The van der Waals surface area contributed by atoms with E-state index in [1.807, 2.05) is 4.90 Å². The summed E-state index contributed by atoms with van der Waals surface area (Å²) in [5.41, 5.74) is 1.26. The molecule has 5 nitrogen and oxygen atoms in total. The highest BCUT2D eigenvalue weighted by molar-refractivity contribution is 7.99. The van der Waals surface area contributed by atoms with Crippen molar-refractivity contribution in [1.29, 1.82) is 0 Å². The topological polar surface area (TPSA) is 61.4 Å². The van der Waals surface area contributed by atoms with Crippen molar-refractivity contribution >= 4 is 23.6 Å².